The second-order valence-corrected chi connectivity index (χ2v) is 2.61. The fourth-order valence-electron chi connectivity index (χ4n) is 0.526. The van der Waals surface area contributed by atoms with E-state index in [1.54, 1.807) is 0 Å². The van der Waals surface area contributed by atoms with Gasteiger partial charge in [0.2, 0.25) is 0 Å². The van der Waals surface area contributed by atoms with Crippen LogP contribution in [0.4, 0.5) is 0 Å². The van der Waals surface area contributed by atoms with E-state index in [1.807, 2.05) is 0 Å². The Morgan fingerprint density at radius 1 is 1.56 bits per heavy atom. The maximum absolute atomic E-state index is 8.70. The summed E-state index contributed by atoms with van der Waals surface area (Å²) in [5.41, 5.74) is 0. The Balaban J connectivity index is 0.000000148. The second kappa shape index (κ2) is 4.86. The molecule has 0 aliphatic heterocycles. The zero-order chi connectivity index (χ0) is 7.28. The number of hydrogen-bond acceptors (Lipinski definition) is 1. The van der Waals surface area contributed by atoms with E-state index in [2.05, 4.69) is 6.92 Å². The standard InChI is InChI=1S/C5H10.HO3P/c1-2-5-3-4-5;1-4(2)3/h5H,2-4H2,1H3;(H-,1,2,3)/p+1. The summed E-state index contributed by atoms with van der Waals surface area (Å²) in [5, 5.41) is 0. The van der Waals surface area contributed by atoms with E-state index in [-0.39, 0.29) is 0 Å². The molecular formula is C5H12O3P+. The molecule has 1 saturated carbocycles. The van der Waals surface area contributed by atoms with Crippen LogP contribution in [0.3, 0.4) is 0 Å². The molecule has 0 amide bonds. The molecule has 0 unspecified atom stereocenters. The van der Waals surface area contributed by atoms with Gasteiger partial charge >= 0.3 is 8.25 Å². The van der Waals surface area contributed by atoms with Crippen LogP contribution >= 0.6 is 8.25 Å². The zero-order valence-corrected chi connectivity index (χ0v) is 6.34. The van der Waals surface area contributed by atoms with Crippen molar-refractivity contribution in [2.75, 3.05) is 0 Å². The molecular weight excluding hydrogens is 139 g/mol. The molecule has 2 N–H and O–H groups in total. The minimum atomic E-state index is -2.87. The van der Waals surface area contributed by atoms with E-state index >= 15 is 0 Å². The van der Waals surface area contributed by atoms with Gasteiger partial charge in [-0.2, -0.15) is 0 Å². The van der Waals surface area contributed by atoms with Crippen molar-refractivity contribution in [3.8, 4) is 0 Å². The molecule has 0 saturated heterocycles. The predicted octanol–water partition coefficient (Wildman–Crippen LogP) is 1.43. The molecule has 1 fully saturated rings. The number of hydrogen-bond donors (Lipinski definition) is 2. The Hall–Kier alpha value is 0.0200. The predicted molar refractivity (Wildman–Crippen MR) is 35.1 cm³/mol. The molecule has 0 bridgehead atoms. The van der Waals surface area contributed by atoms with E-state index in [1.165, 1.54) is 19.3 Å². The molecule has 1 rings (SSSR count). The van der Waals surface area contributed by atoms with Crippen LogP contribution in [0, 0.1) is 5.92 Å². The molecule has 0 aromatic heterocycles. The summed E-state index contributed by atoms with van der Waals surface area (Å²) in [5.74, 6) is 1.13. The van der Waals surface area contributed by atoms with Crippen LogP contribution in [-0.4, -0.2) is 9.79 Å². The van der Waals surface area contributed by atoms with Gasteiger partial charge < -0.3 is 0 Å². The van der Waals surface area contributed by atoms with Crippen molar-refractivity contribution >= 4 is 8.25 Å². The van der Waals surface area contributed by atoms with E-state index in [0.29, 0.717) is 0 Å². The highest BCUT2D eigenvalue weighted by molar-refractivity contribution is 7.30. The van der Waals surface area contributed by atoms with Gasteiger partial charge in [0.25, 0.3) is 0 Å². The third-order valence-corrected chi connectivity index (χ3v) is 1.27. The van der Waals surface area contributed by atoms with Crippen molar-refractivity contribution < 1.29 is 14.4 Å². The summed E-state index contributed by atoms with van der Waals surface area (Å²) >= 11 is 0. The Bertz CT molecular complexity index is 86.2. The van der Waals surface area contributed by atoms with Crippen LogP contribution in [0.2, 0.25) is 0 Å². The second-order valence-electron chi connectivity index (χ2n) is 2.10. The average molecular weight is 151 g/mol. The summed E-state index contributed by atoms with van der Waals surface area (Å²) in [6.07, 6.45) is 4.44. The smallest absolute Gasteiger partial charge is 0.134 e. The lowest BCUT2D eigenvalue weighted by molar-refractivity contribution is 0.405. The van der Waals surface area contributed by atoms with Crippen LogP contribution < -0.4 is 0 Å². The normalized spacial score (nSPS) is 15.9. The molecule has 3 nitrogen and oxygen atoms in total. The lowest BCUT2D eigenvalue weighted by Gasteiger charge is -1.72. The minimum absolute atomic E-state index is 1.13. The average Bonchev–Trinajstić information content (AvgIpc) is 2.43. The first-order chi connectivity index (χ1) is 4.16. The van der Waals surface area contributed by atoms with Crippen LogP contribution in [0.15, 0.2) is 0 Å². The highest BCUT2D eigenvalue weighted by Crippen LogP contribution is 2.31. The van der Waals surface area contributed by atoms with Crippen molar-refractivity contribution in [1.29, 1.82) is 0 Å². The molecule has 0 aromatic rings. The highest BCUT2D eigenvalue weighted by Gasteiger charge is 2.17. The summed E-state index contributed by atoms with van der Waals surface area (Å²) < 4.78 is 8.70. The van der Waals surface area contributed by atoms with Gasteiger partial charge in [-0.3, -0.25) is 0 Å². The van der Waals surface area contributed by atoms with Gasteiger partial charge in [-0.25, -0.2) is 0 Å². The van der Waals surface area contributed by atoms with Crippen molar-refractivity contribution in [3.63, 3.8) is 0 Å². The first-order valence-corrected chi connectivity index (χ1v) is 4.18. The zero-order valence-electron chi connectivity index (χ0n) is 5.45. The molecule has 1 aliphatic rings. The van der Waals surface area contributed by atoms with Gasteiger partial charge in [0, 0.05) is 4.57 Å². The van der Waals surface area contributed by atoms with Gasteiger partial charge in [0.15, 0.2) is 0 Å². The summed E-state index contributed by atoms with van der Waals surface area (Å²) in [4.78, 5) is 14.2. The first-order valence-electron chi connectivity index (χ1n) is 3.01. The Kier molecular flexibility index (Phi) is 4.87. The van der Waals surface area contributed by atoms with Crippen molar-refractivity contribution in [3.05, 3.63) is 0 Å². The first kappa shape index (κ1) is 9.02. The van der Waals surface area contributed by atoms with Gasteiger partial charge in [0.1, 0.15) is 0 Å². The number of rotatable bonds is 1. The van der Waals surface area contributed by atoms with Gasteiger partial charge in [-0.05, 0) is 5.92 Å². The topological polar surface area (TPSA) is 57.5 Å². The Labute approximate surface area is 55.7 Å². The fraction of sp³-hybridized carbons (Fsp3) is 1.00. The third kappa shape index (κ3) is 11.5. The quantitative estimate of drug-likeness (QED) is 0.557. The van der Waals surface area contributed by atoms with E-state index in [4.69, 9.17) is 14.4 Å². The molecule has 0 spiro atoms. The molecule has 9 heavy (non-hydrogen) atoms. The minimum Gasteiger partial charge on any atom is -0.134 e. The van der Waals surface area contributed by atoms with E-state index < -0.39 is 8.25 Å². The van der Waals surface area contributed by atoms with Crippen LogP contribution in [0.1, 0.15) is 26.2 Å². The largest absolute Gasteiger partial charge is 0.692 e. The Morgan fingerprint density at radius 3 is 1.89 bits per heavy atom. The monoisotopic (exact) mass is 151 g/mol. The fourth-order valence-corrected chi connectivity index (χ4v) is 0.526. The van der Waals surface area contributed by atoms with Crippen molar-refractivity contribution in [1.82, 2.24) is 0 Å². The van der Waals surface area contributed by atoms with Crippen LogP contribution in [-0.2, 0) is 4.57 Å². The highest BCUT2D eigenvalue weighted by atomic mass is 31.1. The van der Waals surface area contributed by atoms with Crippen LogP contribution in [0.5, 0.6) is 0 Å². The van der Waals surface area contributed by atoms with Gasteiger partial charge in [-0.15, -0.1) is 9.79 Å². The summed E-state index contributed by atoms with van der Waals surface area (Å²) in [6, 6.07) is 0. The molecule has 0 heterocycles. The van der Waals surface area contributed by atoms with Crippen LogP contribution in [0.25, 0.3) is 0 Å². The van der Waals surface area contributed by atoms with Crippen molar-refractivity contribution in [2.45, 2.75) is 26.2 Å². The SMILES string of the molecule is CCC1CC1.O=[P+](O)O. The molecule has 4 heteroatoms. The van der Waals surface area contributed by atoms with Gasteiger partial charge in [-0.1, -0.05) is 26.2 Å². The summed E-state index contributed by atoms with van der Waals surface area (Å²) in [6.45, 7) is 2.26. The Morgan fingerprint density at radius 2 is 1.89 bits per heavy atom. The third-order valence-electron chi connectivity index (χ3n) is 1.27. The lowest BCUT2D eigenvalue weighted by Crippen LogP contribution is -1.59. The van der Waals surface area contributed by atoms with Crippen molar-refractivity contribution in [2.24, 2.45) is 5.92 Å². The lowest BCUT2D eigenvalue weighted by atomic mass is 10.3. The molecule has 1 aliphatic carbocycles. The summed E-state index contributed by atoms with van der Waals surface area (Å²) in [7, 11) is -2.87. The molecule has 0 radical (unpaired) electrons. The van der Waals surface area contributed by atoms with Gasteiger partial charge in [0.05, 0.1) is 0 Å². The molecule has 0 atom stereocenters. The van der Waals surface area contributed by atoms with E-state index in [9.17, 15) is 0 Å². The molecule has 0 aromatic carbocycles. The maximum atomic E-state index is 8.70. The molecule has 54 valence electrons. The maximum Gasteiger partial charge on any atom is 0.692 e. The van der Waals surface area contributed by atoms with E-state index in [0.717, 1.165) is 5.92 Å².